The van der Waals surface area contributed by atoms with E-state index >= 15 is 0 Å². The lowest BCUT2D eigenvalue weighted by atomic mass is 10.1. The Balaban J connectivity index is 1.31. The van der Waals surface area contributed by atoms with Crippen LogP contribution < -0.4 is 10.1 Å². The van der Waals surface area contributed by atoms with Crippen LogP contribution in [0.15, 0.2) is 41.0 Å². The first kappa shape index (κ1) is 17.5. The zero-order valence-corrected chi connectivity index (χ0v) is 16.0. The van der Waals surface area contributed by atoms with Crippen LogP contribution in [0.4, 0.5) is 0 Å². The van der Waals surface area contributed by atoms with Gasteiger partial charge in [0.25, 0.3) is 5.91 Å². The van der Waals surface area contributed by atoms with Crippen LogP contribution in [0.2, 0.25) is 0 Å². The minimum atomic E-state index is -0.146. The van der Waals surface area contributed by atoms with Crippen LogP contribution in [-0.4, -0.2) is 36.3 Å². The smallest absolute Gasteiger partial charge is 0.270 e. The van der Waals surface area contributed by atoms with Gasteiger partial charge in [-0.3, -0.25) is 4.79 Å². The van der Waals surface area contributed by atoms with E-state index in [2.05, 4.69) is 38.4 Å². The zero-order valence-electron chi connectivity index (χ0n) is 14.4. The fraction of sp³-hybridized carbons (Fsp3) is 0.400. The number of hydrogen-bond acceptors (Lipinski definition) is 4. The molecule has 1 fully saturated rings. The highest BCUT2D eigenvalue weighted by atomic mass is 79.9. The van der Waals surface area contributed by atoms with Crippen LogP contribution in [0.3, 0.4) is 0 Å². The van der Waals surface area contributed by atoms with Crippen molar-refractivity contribution in [2.75, 3.05) is 13.2 Å². The number of halogens is 1. The molecule has 0 spiro atoms. The Labute approximate surface area is 161 Å². The number of aromatic nitrogens is 1. The summed E-state index contributed by atoms with van der Waals surface area (Å²) in [5, 5.41) is 3.08. The minimum Gasteiger partial charge on any atom is -0.489 e. The van der Waals surface area contributed by atoms with Crippen LogP contribution in [0.5, 0.6) is 5.75 Å². The molecule has 4 rings (SSSR count). The molecule has 1 aromatic carbocycles. The van der Waals surface area contributed by atoms with Crippen LogP contribution >= 0.6 is 15.9 Å². The topological polar surface area (TPSA) is 60.5 Å². The van der Waals surface area contributed by atoms with Crippen molar-refractivity contribution in [2.24, 2.45) is 0 Å². The third kappa shape index (κ3) is 4.07. The molecule has 5 nitrogen and oxygen atoms in total. The molecule has 1 N–H and O–H groups in total. The van der Waals surface area contributed by atoms with Crippen LogP contribution in [0.1, 0.15) is 34.5 Å². The molecule has 1 saturated heterocycles. The molecule has 2 unspecified atom stereocenters. The van der Waals surface area contributed by atoms with E-state index in [9.17, 15) is 4.79 Å². The average Bonchev–Trinajstić information content (AvgIpc) is 3.29. The lowest BCUT2D eigenvalue weighted by Gasteiger charge is -2.13. The molecule has 26 heavy (non-hydrogen) atoms. The van der Waals surface area contributed by atoms with Gasteiger partial charge in [-0.25, -0.2) is 4.98 Å². The van der Waals surface area contributed by atoms with Gasteiger partial charge >= 0.3 is 0 Å². The summed E-state index contributed by atoms with van der Waals surface area (Å²) < 4.78 is 12.3. The molecule has 6 heteroatoms. The maximum absolute atomic E-state index is 12.5. The van der Waals surface area contributed by atoms with Crippen molar-refractivity contribution in [3.63, 3.8) is 0 Å². The molecule has 2 atom stereocenters. The molecule has 0 bridgehead atoms. The largest absolute Gasteiger partial charge is 0.489 e. The first-order valence-corrected chi connectivity index (χ1v) is 9.75. The fourth-order valence-electron chi connectivity index (χ4n) is 3.51. The van der Waals surface area contributed by atoms with Gasteiger partial charge in [-0.1, -0.05) is 22.0 Å². The molecular formula is C20H21BrN2O3. The number of carbonyl (C=O) groups is 1. The second-order valence-corrected chi connectivity index (χ2v) is 7.73. The highest BCUT2D eigenvalue weighted by Gasteiger charge is 2.24. The van der Waals surface area contributed by atoms with Crippen molar-refractivity contribution in [1.82, 2.24) is 10.3 Å². The Hall–Kier alpha value is -1.92. The van der Waals surface area contributed by atoms with Crippen molar-refractivity contribution < 1.29 is 14.3 Å². The fourth-order valence-corrected chi connectivity index (χ4v) is 3.92. The number of ether oxygens (including phenoxy) is 2. The molecule has 2 aromatic rings. The first-order valence-electron chi connectivity index (χ1n) is 8.96. The lowest BCUT2D eigenvalue weighted by Crippen LogP contribution is -2.35. The summed E-state index contributed by atoms with van der Waals surface area (Å²) >= 11 is 3.50. The highest BCUT2D eigenvalue weighted by molar-refractivity contribution is 9.10. The summed E-state index contributed by atoms with van der Waals surface area (Å²) in [7, 11) is 0. The van der Waals surface area contributed by atoms with Crippen molar-refractivity contribution in [1.29, 1.82) is 0 Å². The maximum atomic E-state index is 12.5. The monoisotopic (exact) mass is 416 g/mol. The van der Waals surface area contributed by atoms with E-state index < -0.39 is 0 Å². The van der Waals surface area contributed by atoms with E-state index in [0.717, 1.165) is 36.8 Å². The van der Waals surface area contributed by atoms with E-state index in [1.807, 2.05) is 6.07 Å². The van der Waals surface area contributed by atoms with Gasteiger partial charge in [0.05, 0.1) is 12.3 Å². The summed E-state index contributed by atoms with van der Waals surface area (Å²) in [5.74, 6) is 0.516. The average molecular weight is 417 g/mol. The Kier molecular flexibility index (Phi) is 5.22. The molecular weight excluding hydrogens is 396 g/mol. The number of nitrogens with one attached hydrogen (secondary N) is 1. The number of hydrogen-bond donors (Lipinski definition) is 1. The highest BCUT2D eigenvalue weighted by Crippen LogP contribution is 2.25. The van der Waals surface area contributed by atoms with Crippen LogP contribution in [0, 0.1) is 0 Å². The van der Waals surface area contributed by atoms with Crippen molar-refractivity contribution >= 4 is 21.8 Å². The molecule has 136 valence electrons. The van der Waals surface area contributed by atoms with Crippen molar-refractivity contribution in [3.05, 3.63) is 57.8 Å². The first-order chi connectivity index (χ1) is 12.7. The molecule has 1 aliphatic heterocycles. The van der Waals surface area contributed by atoms with Crippen LogP contribution in [0.25, 0.3) is 0 Å². The summed E-state index contributed by atoms with van der Waals surface area (Å²) in [6, 6.07) is 9.89. The summed E-state index contributed by atoms with van der Waals surface area (Å²) in [6.07, 6.45) is 5.61. The van der Waals surface area contributed by atoms with E-state index in [4.69, 9.17) is 9.47 Å². The number of benzene rings is 1. The SMILES string of the molecule is O=C(NC1Cc2ccc(Br)cc2C1)c1ccc(OCC2CCCO2)cn1. The van der Waals surface area contributed by atoms with Gasteiger partial charge in [-0.2, -0.15) is 0 Å². The standard InChI is InChI=1S/C20H21BrN2O3/c21-15-4-3-13-9-16(10-14(13)8-15)23-20(24)19-6-5-17(11-22-19)26-12-18-2-1-7-25-18/h3-6,8,11,16,18H,1-2,7,9-10,12H2,(H,23,24). The Morgan fingerprint density at radius 1 is 1.27 bits per heavy atom. The zero-order chi connectivity index (χ0) is 17.9. The minimum absolute atomic E-state index is 0.115. The molecule has 1 aromatic heterocycles. The second kappa shape index (κ2) is 7.76. The number of nitrogens with zero attached hydrogens (tertiary/aromatic N) is 1. The third-order valence-corrected chi connectivity index (χ3v) is 5.36. The summed E-state index contributed by atoms with van der Waals surface area (Å²) in [5.41, 5.74) is 2.99. The molecule has 0 saturated carbocycles. The number of amides is 1. The van der Waals surface area contributed by atoms with Gasteiger partial charge in [0.15, 0.2) is 0 Å². The third-order valence-electron chi connectivity index (χ3n) is 4.87. The van der Waals surface area contributed by atoms with Gasteiger partial charge in [0, 0.05) is 17.1 Å². The predicted octanol–water partition coefficient (Wildman–Crippen LogP) is 3.30. The van der Waals surface area contributed by atoms with E-state index in [0.29, 0.717) is 18.1 Å². The van der Waals surface area contributed by atoms with E-state index in [1.165, 1.54) is 11.1 Å². The van der Waals surface area contributed by atoms with E-state index in [-0.39, 0.29) is 18.1 Å². The number of pyridine rings is 1. The lowest BCUT2D eigenvalue weighted by molar-refractivity contribution is 0.0678. The maximum Gasteiger partial charge on any atom is 0.270 e. The molecule has 2 heterocycles. The summed E-state index contributed by atoms with van der Waals surface area (Å²) in [6.45, 7) is 1.34. The van der Waals surface area contributed by atoms with Gasteiger partial charge in [-0.05, 0) is 61.1 Å². The normalized spacial score (nSPS) is 21.4. The quantitative estimate of drug-likeness (QED) is 0.811. The van der Waals surface area contributed by atoms with Gasteiger partial charge in [-0.15, -0.1) is 0 Å². The predicted molar refractivity (Wildman–Crippen MR) is 102 cm³/mol. The van der Waals surface area contributed by atoms with Gasteiger partial charge in [0.1, 0.15) is 18.1 Å². The Morgan fingerprint density at radius 2 is 2.15 bits per heavy atom. The second-order valence-electron chi connectivity index (χ2n) is 6.82. The Morgan fingerprint density at radius 3 is 2.92 bits per heavy atom. The molecule has 2 aliphatic rings. The van der Waals surface area contributed by atoms with E-state index in [1.54, 1.807) is 18.3 Å². The number of carbonyl (C=O) groups excluding carboxylic acids is 1. The van der Waals surface area contributed by atoms with Crippen molar-refractivity contribution in [2.45, 2.75) is 37.8 Å². The Bertz CT molecular complexity index is 788. The van der Waals surface area contributed by atoms with Crippen LogP contribution in [-0.2, 0) is 17.6 Å². The van der Waals surface area contributed by atoms with Crippen molar-refractivity contribution in [3.8, 4) is 5.75 Å². The molecule has 1 amide bonds. The number of fused-ring (bicyclic) bond motifs is 1. The van der Waals surface area contributed by atoms with Gasteiger partial charge < -0.3 is 14.8 Å². The number of rotatable bonds is 5. The van der Waals surface area contributed by atoms with Gasteiger partial charge in [0.2, 0.25) is 0 Å². The molecule has 1 aliphatic carbocycles. The molecule has 0 radical (unpaired) electrons. The summed E-state index contributed by atoms with van der Waals surface area (Å²) in [4.78, 5) is 16.7.